The summed E-state index contributed by atoms with van der Waals surface area (Å²) in [7, 11) is 0. The number of para-hydroxylation sites is 1. The van der Waals surface area contributed by atoms with E-state index in [1.807, 2.05) is 12.1 Å². The Morgan fingerprint density at radius 3 is 2.50 bits per heavy atom. The number of benzene rings is 2. The van der Waals surface area contributed by atoms with E-state index in [9.17, 15) is 25.0 Å². The lowest BCUT2D eigenvalue weighted by Crippen LogP contribution is -2.29. The fourth-order valence-corrected chi connectivity index (χ4v) is 2.94. The van der Waals surface area contributed by atoms with Crippen LogP contribution in [0.25, 0.3) is 0 Å². The van der Waals surface area contributed by atoms with Gasteiger partial charge in [0.15, 0.2) is 0 Å². The Morgan fingerprint density at radius 1 is 1.12 bits per heavy atom. The molecular formula is C15H10ClN3O5. The van der Waals surface area contributed by atoms with E-state index in [-0.39, 0.29) is 5.56 Å². The smallest absolute Gasteiger partial charge is 0.295 e. The Bertz CT molecular complexity index is 883. The third kappa shape index (κ3) is 2.56. The third-order valence-corrected chi connectivity index (χ3v) is 4.21. The molecule has 0 saturated heterocycles. The number of halogens is 1. The van der Waals surface area contributed by atoms with Gasteiger partial charge in [-0.25, -0.2) is 0 Å². The number of nitro benzene ring substituents is 2. The number of non-ortho nitro benzene ring substituents is 1. The zero-order valence-electron chi connectivity index (χ0n) is 12.1. The molecule has 1 aliphatic rings. The van der Waals surface area contributed by atoms with Crippen LogP contribution in [0.3, 0.4) is 0 Å². The Morgan fingerprint density at radius 2 is 1.83 bits per heavy atom. The highest BCUT2D eigenvalue weighted by molar-refractivity contribution is 6.36. The maximum Gasteiger partial charge on any atom is 0.295 e. The van der Waals surface area contributed by atoms with Crippen LogP contribution in [-0.4, -0.2) is 22.3 Å². The standard InChI is InChI=1S/C15H10ClN3O5/c16-14-11(7-10(18(21)22)8-13(14)19(23)24)15(20)17-6-5-9-3-1-2-4-12(9)17/h1-4,7-8H,5-6H2. The summed E-state index contributed by atoms with van der Waals surface area (Å²) in [4.78, 5) is 34.6. The minimum absolute atomic E-state index is 0.255. The van der Waals surface area contributed by atoms with Crippen LogP contribution in [0.15, 0.2) is 36.4 Å². The van der Waals surface area contributed by atoms with Gasteiger partial charge in [-0.15, -0.1) is 0 Å². The molecule has 0 aliphatic carbocycles. The quantitative estimate of drug-likeness (QED) is 0.625. The molecule has 2 aromatic rings. The predicted octanol–water partition coefficient (Wildman–Crippen LogP) is 3.36. The lowest BCUT2D eigenvalue weighted by atomic mass is 10.1. The van der Waals surface area contributed by atoms with Crippen LogP contribution >= 0.6 is 11.6 Å². The molecule has 1 heterocycles. The van der Waals surface area contributed by atoms with Crippen LogP contribution < -0.4 is 4.90 Å². The van der Waals surface area contributed by atoms with Crippen molar-refractivity contribution in [2.75, 3.05) is 11.4 Å². The topological polar surface area (TPSA) is 107 Å². The molecule has 1 amide bonds. The molecule has 2 aromatic carbocycles. The monoisotopic (exact) mass is 347 g/mol. The first kappa shape index (κ1) is 15.9. The molecule has 9 heteroatoms. The first-order chi connectivity index (χ1) is 11.4. The number of hydrogen-bond donors (Lipinski definition) is 0. The van der Waals surface area contributed by atoms with Crippen LogP contribution in [0.5, 0.6) is 0 Å². The average molecular weight is 348 g/mol. The van der Waals surface area contributed by atoms with Gasteiger partial charge in [0.25, 0.3) is 17.3 Å². The molecule has 0 spiro atoms. The van der Waals surface area contributed by atoms with Crippen molar-refractivity contribution in [2.24, 2.45) is 0 Å². The van der Waals surface area contributed by atoms with Crippen LogP contribution in [0.1, 0.15) is 15.9 Å². The summed E-state index contributed by atoms with van der Waals surface area (Å²) >= 11 is 5.97. The molecule has 0 bridgehead atoms. The van der Waals surface area contributed by atoms with Gasteiger partial charge in [-0.1, -0.05) is 29.8 Å². The molecule has 0 atom stereocenters. The van der Waals surface area contributed by atoms with Crippen molar-refractivity contribution in [1.82, 2.24) is 0 Å². The molecular weight excluding hydrogens is 338 g/mol. The van der Waals surface area contributed by atoms with Crippen molar-refractivity contribution in [3.05, 3.63) is 72.8 Å². The maximum absolute atomic E-state index is 12.8. The van der Waals surface area contributed by atoms with Crippen LogP contribution in [0, 0.1) is 20.2 Å². The van der Waals surface area contributed by atoms with E-state index in [1.54, 1.807) is 12.1 Å². The van der Waals surface area contributed by atoms with Gasteiger partial charge in [-0.2, -0.15) is 0 Å². The lowest BCUT2D eigenvalue weighted by Gasteiger charge is -2.18. The van der Waals surface area contributed by atoms with E-state index in [2.05, 4.69) is 0 Å². The van der Waals surface area contributed by atoms with Gasteiger partial charge in [0.1, 0.15) is 5.02 Å². The summed E-state index contributed by atoms with van der Waals surface area (Å²) in [6.45, 7) is 0.380. The Hall–Kier alpha value is -3.00. The van der Waals surface area contributed by atoms with E-state index < -0.39 is 32.2 Å². The molecule has 1 aliphatic heterocycles. The summed E-state index contributed by atoms with van der Waals surface area (Å²) in [5.41, 5.74) is 0.160. The van der Waals surface area contributed by atoms with E-state index in [4.69, 9.17) is 11.6 Å². The summed E-state index contributed by atoms with van der Waals surface area (Å²) in [6.07, 6.45) is 0.635. The summed E-state index contributed by atoms with van der Waals surface area (Å²) in [5.74, 6) is -0.600. The van der Waals surface area contributed by atoms with Crippen LogP contribution in [0.4, 0.5) is 17.1 Å². The second-order valence-electron chi connectivity index (χ2n) is 5.18. The highest BCUT2D eigenvalue weighted by atomic mass is 35.5. The fourth-order valence-electron chi connectivity index (χ4n) is 2.68. The van der Waals surface area contributed by atoms with Gasteiger partial charge in [-0.05, 0) is 18.1 Å². The van der Waals surface area contributed by atoms with Crippen LogP contribution in [-0.2, 0) is 6.42 Å². The number of nitro groups is 2. The maximum atomic E-state index is 12.8. The Labute approximate surface area is 140 Å². The lowest BCUT2D eigenvalue weighted by molar-refractivity contribution is -0.394. The van der Waals surface area contributed by atoms with Gasteiger partial charge in [0.05, 0.1) is 21.5 Å². The van der Waals surface area contributed by atoms with Gasteiger partial charge in [-0.3, -0.25) is 25.0 Å². The highest BCUT2D eigenvalue weighted by Crippen LogP contribution is 2.36. The summed E-state index contributed by atoms with van der Waals surface area (Å²) in [5, 5.41) is 21.7. The molecule has 0 radical (unpaired) electrons. The number of carbonyl (C=O) groups excluding carboxylic acids is 1. The van der Waals surface area contributed by atoms with Gasteiger partial charge >= 0.3 is 0 Å². The minimum atomic E-state index is -0.843. The molecule has 0 unspecified atom stereocenters. The van der Waals surface area contributed by atoms with E-state index in [0.29, 0.717) is 18.7 Å². The molecule has 0 N–H and O–H groups in total. The van der Waals surface area contributed by atoms with Gasteiger partial charge < -0.3 is 4.90 Å². The molecule has 8 nitrogen and oxygen atoms in total. The second kappa shape index (κ2) is 5.89. The number of carbonyl (C=O) groups is 1. The zero-order valence-corrected chi connectivity index (χ0v) is 12.9. The van der Waals surface area contributed by atoms with Crippen molar-refractivity contribution in [1.29, 1.82) is 0 Å². The molecule has 24 heavy (non-hydrogen) atoms. The zero-order chi connectivity index (χ0) is 17.4. The third-order valence-electron chi connectivity index (χ3n) is 3.81. The Balaban J connectivity index is 2.11. The van der Waals surface area contributed by atoms with Crippen molar-refractivity contribution in [3.63, 3.8) is 0 Å². The molecule has 122 valence electrons. The molecule has 0 aromatic heterocycles. The van der Waals surface area contributed by atoms with E-state index in [0.717, 1.165) is 17.7 Å². The van der Waals surface area contributed by atoms with Gasteiger partial charge in [0.2, 0.25) is 0 Å². The fraction of sp³-hybridized carbons (Fsp3) is 0.133. The SMILES string of the molecule is O=C(c1cc([N+](=O)[O-])cc([N+](=O)[O-])c1Cl)N1CCc2ccccc21. The van der Waals surface area contributed by atoms with Crippen molar-refractivity contribution in [2.45, 2.75) is 6.42 Å². The number of amides is 1. The van der Waals surface area contributed by atoms with Crippen molar-refractivity contribution >= 4 is 34.6 Å². The molecule has 0 fully saturated rings. The summed E-state index contributed by atoms with van der Waals surface area (Å²) in [6, 6.07) is 8.95. The van der Waals surface area contributed by atoms with Crippen molar-refractivity contribution < 1.29 is 14.6 Å². The average Bonchev–Trinajstić information content (AvgIpc) is 2.98. The second-order valence-corrected chi connectivity index (χ2v) is 5.55. The number of rotatable bonds is 3. The summed E-state index contributed by atoms with van der Waals surface area (Å²) < 4.78 is 0. The number of nitrogens with zero attached hydrogens (tertiary/aromatic N) is 3. The molecule has 0 saturated carbocycles. The predicted molar refractivity (Wildman–Crippen MR) is 86.6 cm³/mol. The Kier molecular flexibility index (Phi) is 3.90. The first-order valence-electron chi connectivity index (χ1n) is 6.92. The number of anilines is 1. The van der Waals surface area contributed by atoms with Crippen LogP contribution in [0.2, 0.25) is 5.02 Å². The largest absolute Gasteiger partial charge is 0.308 e. The van der Waals surface area contributed by atoms with Gasteiger partial charge in [0, 0.05) is 18.3 Å². The number of fused-ring (bicyclic) bond motifs is 1. The van der Waals surface area contributed by atoms with Crippen molar-refractivity contribution in [3.8, 4) is 0 Å². The number of hydrogen-bond acceptors (Lipinski definition) is 5. The normalized spacial score (nSPS) is 12.8. The van der Waals surface area contributed by atoms with E-state index in [1.165, 1.54) is 4.90 Å². The molecule has 3 rings (SSSR count). The first-order valence-corrected chi connectivity index (χ1v) is 7.30. The van der Waals surface area contributed by atoms with E-state index >= 15 is 0 Å². The minimum Gasteiger partial charge on any atom is -0.308 e. The highest BCUT2D eigenvalue weighted by Gasteiger charge is 2.31.